The van der Waals surface area contributed by atoms with Crippen LogP contribution in [0.5, 0.6) is 0 Å². The van der Waals surface area contributed by atoms with Crippen LogP contribution in [0.25, 0.3) is 0 Å². The summed E-state index contributed by atoms with van der Waals surface area (Å²) in [6.45, 7) is 8.75. The summed E-state index contributed by atoms with van der Waals surface area (Å²) >= 11 is 0. The van der Waals surface area contributed by atoms with Gasteiger partial charge < -0.3 is 15.1 Å². The van der Waals surface area contributed by atoms with Gasteiger partial charge in [-0.25, -0.2) is 4.98 Å². The lowest BCUT2D eigenvalue weighted by Gasteiger charge is -2.34. The highest BCUT2D eigenvalue weighted by Crippen LogP contribution is 2.27. The van der Waals surface area contributed by atoms with Gasteiger partial charge >= 0.3 is 0 Å². The van der Waals surface area contributed by atoms with Crippen LogP contribution in [0.4, 0.5) is 0 Å². The minimum atomic E-state index is 0.129. The van der Waals surface area contributed by atoms with E-state index < -0.39 is 0 Å². The summed E-state index contributed by atoms with van der Waals surface area (Å²) in [5.41, 5.74) is 5.78. The Bertz CT molecular complexity index is 373. The zero-order valence-electron chi connectivity index (χ0n) is 11.7. The fraction of sp³-hybridized carbons (Fsp3) is 0.786. The molecule has 2 unspecified atom stereocenters. The van der Waals surface area contributed by atoms with E-state index in [-0.39, 0.29) is 6.04 Å². The molecular formula is C14H25N3O. The van der Waals surface area contributed by atoms with Crippen LogP contribution in [0.15, 0.2) is 10.6 Å². The third kappa shape index (κ3) is 3.33. The number of oxazole rings is 1. The number of nitrogens with zero attached hydrogens (tertiary/aromatic N) is 2. The highest BCUT2D eigenvalue weighted by Gasteiger charge is 2.26. The van der Waals surface area contributed by atoms with Crippen molar-refractivity contribution in [2.24, 2.45) is 5.73 Å². The van der Waals surface area contributed by atoms with Gasteiger partial charge in [-0.05, 0) is 40.2 Å². The van der Waals surface area contributed by atoms with Crippen molar-refractivity contribution in [2.75, 3.05) is 13.1 Å². The highest BCUT2D eigenvalue weighted by molar-refractivity contribution is 5.02. The molecule has 2 N–H and O–H groups in total. The molecule has 1 aromatic rings. The van der Waals surface area contributed by atoms with E-state index in [1.165, 1.54) is 19.4 Å². The summed E-state index contributed by atoms with van der Waals surface area (Å²) in [5, 5.41) is 0. The molecule has 0 aliphatic carbocycles. The summed E-state index contributed by atoms with van der Waals surface area (Å²) in [7, 11) is 0. The second-order valence-corrected chi connectivity index (χ2v) is 5.77. The Kier molecular flexibility index (Phi) is 4.40. The first-order valence-corrected chi connectivity index (χ1v) is 7.00. The minimum absolute atomic E-state index is 0.129. The van der Waals surface area contributed by atoms with Gasteiger partial charge in [-0.3, -0.25) is 0 Å². The second-order valence-electron chi connectivity index (χ2n) is 5.77. The SMILES string of the molecule is CC(N)Cc1cnc(C2CCCN(C(C)C)C2)o1. The van der Waals surface area contributed by atoms with Crippen molar-refractivity contribution in [1.29, 1.82) is 0 Å². The molecule has 4 heteroatoms. The minimum Gasteiger partial charge on any atom is -0.445 e. The zero-order chi connectivity index (χ0) is 13.1. The number of piperidine rings is 1. The van der Waals surface area contributed by atoms with Gasteiger partial charge in [0, 0.05) is 31.0 Å². The Morgan fingerprint density at radius 3 is 2.94 bits per heavy atom. The Morgan fingerprint density at radius 2 is 2.28 bits per heavy atom. The molecular weight excluding hydrogens is 226 g/mol. The molecule has 0 radical (unpaired) electrons. The maximum atomic E-state index is 5.84. The van der Waals surface area contributed by atoms with Gasteiger partial charge in [0.05, 0.1) is 6.20 Å². The smallest absolute Gasteiger partial charge is 0.198 e. The number of hydrogen-bond donors (Lipinski definition) is 1. The average Bonchev–Trinajstić information content (AvgIpc) is 2.77. The van der Waals surface area contributed by atoms with Crippen molar-refractivity contribution in [3.05, 3.63) is 17.8 Å². The van der Waals surface area contributed by atoms with Gasteiger partial charge in [0.1, 0.15) is 5.76 Å². The maximum Gasteiger partial charge on any atom is 0.198 e. The molecule has 102 valence electrons. The van der Waals surface area contributed by atoms with Crippen LogP contribution in [0.1, 0.15) is 51.2 Å². The fourth-order valence-corrected chi connectivity index (χ4v) is 2.60. The number of likely N-dealkylation sites (tertiary alicyclic amines) is 1. The summed E-state index contributed by atoms with van der Waals surface area (Å²) in [6, 6.07) is 0.732. The monoisotopic (exact) mass is 251 g/mol. The van der Waals surface area contributed by atoms with E-state index >= 15 is 0 Å². The normalized spacial score (nSPS) is 23.5. The molecule has 1 aliphatic rings. The van der Waals surface area contributed by atoms with Crippen LogP contribution in [0, 0.1) is 0 Å². The van der Waals surface area contributed by atoms with Crippen molar-refractivity contribution >= 4 is 0 Å². The second kappa shape index (κ2) is 5.85. The van der Waals surface area contributed by atoms with Crippen LogP contribution >= 0.6 is 0 Å². The largest absolute Gasteiger partial charge is 0.445 e. The lowest BCUT2D eigenvalue weighted by molar-refractivity contribution is 0.156. The van der Waals surface area contributed by atoms with Crippen LogP contribution in [0.2, 0.25) is 0 Å². The number of aromatic nitrogens is 1. The highest BCUT2D eigenvalue weighted by atomic mass is 16.4. The predicted octanol–water partition coefficient (Wildman–Crippen LogP) is 2.15. The standard InChI is InChI=1S/C14H25N3O/c1-10(2)17-6-4-5-12(9-17)14-16-8-13(18-14)7-11(3)15/h8,10-12H,4-7,9,15H2,1-3H3. The molecule has 18 heavy (non-hydrogen) atoms. The van der Waals surface area contributed by atoms with Crippen molar-refractivity contribution in [3.63, 3.8) is 0 Å². The van der Waals surface area contributed by atoms with Gasteiger partial charge in [0.2, 0.25) is 0 Å². The van der Waals surface area contributed by atoms with Gasteiger partial charge in [-0.15, -0.1) is 0 Å². The molecule has 1 aromatic heterocycles. The number of hydrogen-bond acceptors (Lipinski definition) is 4. The molecule has 2 rings (SSSR count). The van der Waals surface area contributed by atoms with Crippen molar-refractivity contribution in [3.8, 4) is 0 Å². The molecule has 0 aromatic carbocycles. The summed E-state index contributed by atoms with van der Waals surface area (Å²) in [4.78, 5) is 6.94. The van der Waals surface area contributed by atoms with Crippen LogP contribution in [0.3, 0.4) is 0 Å². The van der Waals surface area contributed by atoms with Crippen LogP contribution in [-0.2, 0) is 6.42 Å². The first kappa shape index (κ1) is 13.6. The Labute approximate surface area is 110 Å². The molecule has 0 bridgehead atoms. The van der Waals surface area contributed by atoms with E-state index in [2.05, 4.69) is 23.7 Å². The first-order valence-electron chi connectivity index (χ1n) is 7.00. The maximum absolute atomic E-state index is 5.84. The molecule has 1 saturated heterocycles. The topological polar surface area (TPSA) is 55.3 Å². The van der Waals surface area contributed by atoms with E-state index in [1.807, 2.05) is 13.1 Å². The van der Waals surface area contributed by atoms with Crippen molar-refractivity contribution in [1.82, 2.24) is 9.88 Å². The molecule has 2 heterocycles. The molecule has 0 amide bonds. The third-order valence-corrected chi connectivity index (χ3v) is 3.63. The first-order chi connectivity index (χ1) is 8.56. The Hall–Kier alpha value is -0.870. The van der Waals surface area contributed by atoms with E-state index in [4.69, 9.17) is 10.2 Å². The van der Waals surface area contributed by atoms with Crippen molar-refractivity contribution in [2.45, 2.75) is 58.0 Å². The van der Waals surface area contributed by atoms with E-state index in [1.54, 1.807) is 0 Å². The van der Waals surface area contributed by atoms with Gasteiger partial charge in [0.15, 0.2) is 5.89 Å². The lowest BCUT2D eigenvalue weighted by Crippen LogP contribution is -2.39. The molecule has 0 spiro atoms. The Morgan fingerprint density at radius 1 is 1.50 bits per heavy atom. The number of nitrogens with two attached hydrogens (primary N) is 1. The third-order valence-electron chi connectivity index (χ3n) is 3.63. The molecule has 0 saturated carbocycles. The van der Waals surface area contributed by atoms with Crippen LogP contribution < -0.4 is 5.73 Å². The average molecular weight is 251 g/mol. The molecule has 1 fully saturated rings. The van der Waals surface area contributed by atoms with E-state index in [9.17, 15) is 0 Å². The zero-order valence-corrected chi connectivity index (χ0v) is 11.7. The summed E-state index contributed by atoms with van der Waals surface area (Å²) in [6.07, 6.45) is 5.02. The molecule has 2 atom stereocenters. The predicted molar refractivity (Wildman–Crippen MR) is 72.5 cm³/mol. The van der Waals surface area contributed by atoms with Gasteiger partial charge in [-0.1, -0.05) is 0 Å². The van der Waals surface area contributed by atoms with Crippen LogP contribution in [-0.4, -0.2) is 35.1 Å². The van der Waals surface area contributed by atoms with Gasteiger partial charge in [0.25, 0.3) is 0 Å². The van der Waals surface area contributed by atoms with Gasteiger partial charge in [-0.2, -0.15) is 0 Å². The Balaban J connectivity index is 2.00. The quantitative estimate of drug-likeness (QED) is 0.891. The molecule has 1 aliphatic heterocycles. The summed E-state index contributed by atoms with van der Waals surface area (Å²) < 4.78 is 5.84. The number of rotatable bonds is 4. The lowest BCUT2D eigenvalue weighted by atomic mass is 9.97. The van der Waals surface area contributed by atoms with Crippen molar-refractivity contribution < 1.29 is 4.42 Å². The van der Waals surface area contributed by atoms with E-state index in [0.717, 1.165) is 24.6 Å². The van der Waals surface area contributed by atoms with E-state index in [0.29, 0.717) is 12.0 Å². The summed E-state index contributed by atoms with van der Waals surface area (Å²) in [5.74, 6) is 2.26. The molecule has 4 nitrogen and oxygen atoms in total. The fourth-order valence-electron chi connectivity index (χ4n) is 2.60.